The number of nitrogens with two attached hydrogens (primary N) is 1. The number of rotatable bonds is 3. The van der Waals surface area contributed by atoms with Gasteiger partial charge in [0.05, 0.1) is 0 Å². The molecule has 0 aliphatic heterocycles. The maximum Gasteiger partial charge on any atom is 0.422 e. The molecule has 1 fully saturated rings. The van der Waals surface area contributed by atoms with Crippen molar-refractivity contribution >= 4 is 0 Å². The first-order valence-corrected chi connectivity index (χ1v) is 5.09. The molecule has 0 saturated heterocycles. The van der Waals surface area contributed by atoms with Crippen LogP contribution in [0.3, 0.4) is 0 Å². The van der Waals surface area contributed by atoms with E-state index in [1.54, 1.807) is 0 Å². The van der Waals surface area contributed by atoms with Crippen LogP contribution in [-0.2, 0) is 5.54 Å². The maximum atomic E-state index is 13.8. The second-order valence-corrected chi connectivity index (χ2v) is 4.18. The minimum absolute atomic E-state index is 0.220. The second kappa shape index (κ2) is 3.87. The summed E-state index contributed by atoms with van der Waals surface area (Å²) in [6, 6.07) is 4.08. The van der Waals surface area contributed by atoms with Crippen LogP contribution >= 0.6 is 0 Å². The molecule has 17 heavy (non-hydrogen) atoms. The Balaban J connectivity index is 2.18. The summed E-state index contributed by atoms with van der Waals surface area (Å²) in [7, 11) is 0. The SMILES string of the molecule is NC1(c2cccc(OCC(F)(F)F)c2F)CC1. The molecule has 2 rings (SSSR count). The van der Waals surface area contributed by atoms with E-state index in [0.717, 1.165) is 6.07 Å². The van der Waals surface area contributed by atoms with Crippen molar-refractivity contribution in [3.8, 4) is 5.75 Å². The van der Waals surface area contributed by atoms with Crippen molar-refractivity contribution in [1.82, 2.24) is 0 Å². The highest BCUT2D eigenvalue weighted by molar-refractivity contribution is 5.38. The molecule has 0 amide bonds. The second-order valence-electron chi connectivity index (χ2n) is 4.18. The molecule has 0 atom stereocenters. The summed E-state index contributed by atoms with van der Waals surface area (Å²) in [6.45, 7) is -1.51. The summed E-state index contributed by atoms with van der Waals surface area (Å²) in [5, 5.41) is 0. The summed E-state index contributed by atoms with van der Waals surface area (Å²) in [5.74, 6) is -1.20. The number of ether oxygens (including phenoxy) is 1. The van der Waals surface area contributed by atoms with Gasteiger partial charge in [-0.1, -0.05) is 12.1 Å². The lowest BCUT2D eigenvalue weighted by Gasteiger charge is -2.14. The smallest absolute Gasteiger partial charge is 0.422 e. The van der Waals surface area contributed by atoms with E-state index >= 15 is 0 Å². The standard InChI is InChI=1S/C11H11F4NO/c12-9-7(10(16)4-5-10)2-1-3-8(9)17-6-11(13,14)15/h1-3H,4-6,16H2. The van der Waals surface area contributed by atoms with Crippen molar-refractivity contribution in [1.29, 1.82) is 0 Å². The molecule has 0 unspecified atom stereocenters. The summed E-state index contributed by atoms with van der Waals surface area (Å²) in [5.41, 5.74) is 5.29. The molecule has 0 radical (unpaired) electrons. The van der Waals surface area contributed by atoms with Crippen molar-refractivity contribution < 1.29 is 22.3 Å². The summed E-state index contributed by atoms with van der Waals surface area (Å²) < 4.78 is 54.1. The molecule has 1 aromatic rings. The van der Waals surface area contributed by atoms with Crippen LogP contribution in [0.1, 0.15) is 18.4 Å². The first-order valence-electron chi connectivity index (χ1n) is 5.09. The van der Waals surface area contributed by atoms with Gasteiger partial charge in [-0.15, -0.1) is 0 Å². The van der Waals surface area contributed by atoms with E-state index in [2.05, 4.69) is 4.74 Å². The zero-order chi connectivity index (χ0) is 12.7. The monoisotopic (exact) mass is 249 g/mol. The van der Waals surface area contributed by atoms with Crippen molar-refractivity contribution in [3.05, 3.63) is 29.6 Å². The van der Waals surface area contributed by atoms with Gasteiger partial charge < -0.3 is 10.5 Å². The minimum Gasteiger partial charge on any atom is -0.481 e. The molecule has 6 heteroatoms. The van der Waals surface area contributed by atoms with Crippen LogP contribution < -0.4 is 10.5 Å². The van der Waals surface area contributed by atoms with E-state index in [0.29, 0.717) is 12.8 Å². The Labute approximate surface area is 95.4 Å². The molecular formula is C11H11F4NO. The third kappa shape index (κ3) is 2.69. The predicted octanol–water partition coefficient (Wildman–Crippen LogP) is 2.71. The lowest BCUT2D eigenvalue weighted by atomic mass is 10.0. The van der Waals surface area contributed by atoms with Crippen LogP contribution in [0.4, 0.5) is 17.6 Å². The molecule has 0 bridgehead atoms. The Kier molecular flexibility index (Phi) is 2.77. The van der Waals surface area contributed by atoms with Gasteiger partial charge in [0.15, 0.2) is 18.2 Å². The van der Waals surface area contributed by atoms with Gasteiger partial charge in [0.2, 0.25) is 0 Å². The number of alkyl halides is 3. The van der Waals surface area contributed by atoms with Gasteiger partial charge in [0, 0.05) is 11.1 Å². The van der Waals surface area contributed by atoms with Gasteiger partial charge in [-0.3, -0.25) is 0 Å². The topological polar surface area (TPSA) is 35.2 Å². The van der Waals surface area contributed by atoms with Crippen molar-refractivity contribution in [2.45, 2.75) is 24.6 Å². The predicted molar refractivity (Wildman–Crippen MR) is 53.0 cm³/mol. The fourth-order valence-electron chi connectivity index (χ4n) is 1.57. The fourth-order valence-corrected chi connectivity index (χ4v) is 1.57. The molecule has 1 saturated carbocycles. The zero-order valence-corrected chi connectivity index (χ0v) is 8.85. The van der Waals surface area contributed by atoms with Gasteiger partial charge in [0.1, 0.15) is 0 Å². The lowest BCUT2D eigenvalue weighted by Crippen LogP contribution is -2.22. The number of hydrogen-bond acceptors (Lipinski definition) is 2. The normalized spacial score (nSPS) is 17.9. The molecule has 1 aliphatic carbocycles. The first-order chi connectivity index (χ1) is 7.82. The average molecular weight is 249 g/mol. The van der Waals surface area contributed by atoms with Crippen LogP contribution in [0.2, 0.25) is 0 Å². The van der Waals surface area contributed by atoms with Crippen LogP contribution in [0, 0.1) is 5.82 Å². The lowest BCUT2D eigenvalue weighted by molar-refractivity contribution is -0.153. The van der Waals surface area contributed by atoms with Crippen LogP contribution in [-0.4, -0.2) is 12.8 Å². The Morgan fingerprint density at radius 3 is 2.47 bits per heavy atom. The molecule has 1 aliphatic rings. The summed E-state index contributed by atoms with van der Waals surface area (Å²) in [6.07, 6.45) is -3.22. The van der Waals surface area contributed by atoms with Crippen LogP contribution in [0.25, 0.3) is 0 Å². The first kappa shape index (κ1) is 12.2. The van der Waals surface area contributed by atoms with Crippen molar-refractivity contribution in [2.24, 2.45) is 5.73 Å². The molecule has 2 nitrogen and oxygen atoms in total. The van der Waals surface area contributed by atoms with Gasteiger partial charge in [-0.05, 0) is 18.9 Å². The van der Waals surface area contributed by atoms with Crippen LogP contribution in [0.5, 0.6) is 5.75 Å². The molecule has 1 aromatic carbocycles. The molecule has 2 N–H and O–H groups in total. The Hall–Kier alpha value is -1.30. The summed E-state index contributed by atoms with van der Waals surface area (Å²) in [4.78, 5) is 0. The van der Waals surface area contributed by atoms with E-state index in [1.165, 1.54) is 12.1 Å². The van der Waals surface area contributed by atoms with Crippen molar-refractivity contribution in [2.75, 3.05) is 6.61 Å². The van der Waals surface area contributed by atoms with E-state index in [9.17, 15) is 17.6 Å². The van der Waals surface area contributed by atoms with Gasteiger partial charge in [-0.2, -0.15) is 13.2 Å². The largest absolute Gasteiger partial charge is 0.481 e. The Morgan fingerprint density at radius 2 is 1.94 bits per heavy atom. The third-order valence-electron chi connectivity index (χ3n) is 2.68. The van der Waals surface area contributed by atoms with Crippen molar-refractivity contribution in [3.63, 3.8) is 0 Å². The molecule has 0 aromatic heterocycles. The van der Waals surface area contributed by atoms with Gasteiger partial charge in [0.25, 0.3) is 0 Å². The average Bonchev–Trinajstić information content (AvgIpc) is 2.94. The molecule has 0 heterocycles. The summed E-state index contributed by atoms with van der Waals surface area (Å²) >= 11 is 0. The highest BCUT2D eigenvalue weighted by Gasteiger charge is 2.42. The molecule has 94 valence electrons. The Bertz CT molecular complexity index is 426. The van der Waals surface area contributed by atoms with E-state index < -0.39 is 29.9 Å². The third-order valence-corrected chi connectivity index (χ3v) is 2.68. The fraction of sp³-hybridized carbons (Fsp3) is 0.455. The quantitative estimate of drug-likeness (QED) is 0.836. The van der Waals surface area contributed by atoms with E-state index in [-0.39, 0.29) is 5.56 Å². The number of halogens is 4. The highest BCUT2D eigenvalue weighted by Crippen LogP contribution is 2.45. The van der Waals surface area contributed by atoms with Gasteiger partial charge in [-0.25, -0.2) is 4.39 Å². The molecule has 0 spiro atoms. The highest BCUT2D eigenvalue weighted by atomic mass is 19.4. The molecular weight excluding hydrogens is 238 g/mol. The zero-order valence-electron chi connectivity index (χ0n) is 8.85. The van der Waals surface area contributed by atoms with E-state index in [1.807, 2.05) is 0 Å². The number of benzene rings is 1. The van der Waals surface area contributed by atoms with Gasteiger partial charge >= 0.3 is 6.18 Å². The number of hydrogen-bond donors (Lipinski definition) is 1. The maximum absolute atomic E-state index is 13.8. The minimum atomic E-state index is -4.48. The Morgan fingerprint density at radius 1 is 1.29 bits per heavy atom. The van der Waals surface area contributed by atoms with Crippen LogP contribution in [0.15, 0.2) is 18.2 Å². The van der Waals surface area contributed by atoms with E-state index in [4.69, 9.17) is 5.73 Å².